The molecule has 2 aromatic rings. The Labute approximate surface area is 127 Å². The molecule has 0 spiro atoms. The summed E-state index contributed by atoms with van der Waals surface area (Å²) in [4.78, 5) is 16.5. The van der Waals surface area contributed by atoms with E-state index in [1.807, 2.05) is 36.7 Å². The van der Waals surface area contributed by atoms with Crippen LogP contribution in [-0.4, -0.2) is 37.2 Å². The Hall–Kier alpha value is -1.76. The summed E-state index contributed by atoms with van der Waals surface area (Å²) in [5.74, 6) is -0.150. The standard InChI is InChI=1S/C15H17N3O2S/c1-16-13-9-20-8-12(13)14(19)18-11-4-2-10(3-5-11)15-17-6-7-21-15/h2-7,12-13,16H,8-9H2,1H3,(H,18,19). The number of anilines is 1. The van der Waals surface area contributed by atoms with E-state index in [1.165, 1.54) is 0 Å². The zero-order valence-electron chi connectivity index (χ0n) is 11.7. The molecule has 21 heavy (non-hydrogen) atoms. The van der Waals surface area contributed by atoms with Crippen LogP contribution in [-0.2, 0) is 9.53 Å². The number of likely N-dealkylation sites (N-methyl/N-ethyl adjacent to an activating group) is 1. The molecule has 1 aliphatic heterocycles. The number of hydrogen-bond donors (Lipinski definition) is 2. The van der Waals surface area contributed by atoms with Crippen molar-refractivity contribution >= 4 is 22.9 Å². The lowest BCUT2D eigenvalue weighted by Gasteiger charge is -2.16. The number of thiazole rings is 1. The summed E-state index contributed by atoms with van der Waals surface area (Å²) in [7, 11) is 1.85. The van der Waals surface area contributed by atoms with Crippen molar-refractivity contribution in [2.45, 2.75) is 6.04 Å². The molecular formula is C15H17N3O2S. The topological polar surface area (TPSA) is 63.2 Å². The SMILES string of the molecule is CNC1COCC1C(=O)Nc1ccc(-c2nccs2)cc1. The Kier molecular flexibility index (Phi) is 4.28. The number of carbonyl (C=O) groups is 1. The van der Waals surface area contributed by atoms with Gasteiger partial charge in [0.15, 0.2) is 0 Å². The van der Waals surface area contributed by atoms with E-state index < -0.39 is 0 Å². The second-order valence-electron chi connectivity index (χ2n) is 4.94. The Morgan fingerprint density at radius 1 is 1.33 bits per heavy atom. The molecule has 2 heterocycles. The summed E-state index contributed by atoms with van der Waals surface area (Å²) in [5.41, 5.74) is 1.85. The highest BCUT2D eigenvalue weighted by molar-refractivity contribution is 7.13. The van der Waals surface area contributed by atoms with Gasteiger partial charge in [-0.05, 0) is 31.3 Å². The van der Waals surface area contributed by atoms with Crippen LogP contribution >= 0.6 is 11.3 Å². The quantitative estimate of drug-likeness (QED) is 0.906. The normalized spacial score (nSPS) is 21.4. The maximum absolute atomic E-state index is 12.3. The van der Waals surface area contributed by atoms with Crippen molar-refractivity contribution in [3.05, 3.63) is 35.8 Å². The molecule has 0 aliphatic carbocycles. The Morgan fingerprint density at radius 2 is 2.14 bits per heavy atom. The van der Waals surface area contributed by atoms with Gasteiger partial charge in [0.25, 0.3) is 0 Å². The van der Waals surface area contributed by atoms with Gasteiger partial charge in [-0.2, -0.15) is 0 Å². The van der Waals surface area contributed by atoms with Crippen LogP contribution in [0.15, 0.2) is 35.8 Å². The van der Waals surface area contributed by atoms with Gasteiger partial charge in [-0.1, -0.05) is 0 Å². The summed E-state index contributed by atoms with van der Waals surface area (Å²) >= 11 is 1.60. The molecule has 2 unspecified atom stereocenters. The fraction of sp³-hybridized carbons (Fsp3) is 0.333. The van der Waals surface area contributed by atoms with Crippen molar-refractivity contribution in [1.82, 2.24) is 10.3 Å². The number of amides is 1. The van der Waals surface area contributed by atoms with E-state index in [0.29, 0.717) is 13.2 Å². The number of carbonyl (C=O) groups excluding carboxylic acids is 1. The van der Waals surface area contributed by atoms with E-state index in [4.69, 9.17) is 4.74 Å². The summed E-state index contributed by atoms with van der Waals surface area (Å²) in [6.07, 6.45) is 1.79. The fourth-order valence-electron chi connectivity index (χ4n) is 2.39. The molecule has 6 heteroatoms. The van der Waals surface area contributed by atoms with Crippen LogP contribution < -0.4 is 10.6 Å². The van der Waals surface area contributed by atoms with Crippen molar-refractivity contribution in [2.75, 3.05) is 25.6 Å². The molecule has 1 amide bonds. The first kappa shape index (κ1) is 14.2. The number of nitrogens with one attached hydrogen (secondary N) is 2. The highest BCUT2D eigenvalue weighted by Crippen LogP contribution is 2.24. The summed E-state index contributed by atoms with van der Waals surface area (Å²) < 4.78 is 5.36. The monoisotopic (exact) mass is 303 g/mol. The van der Waals surface area contributed by atoms with Crippen LogP contribution in [0, 0.1) is 5.92 Å². The Bertz CT molecular complexity index is 598. The van der Waals surface area contributed by atoms with E-state index in [9.17, 15) is 4.79 Å². The molecule has 0 bridgehead atoms. The van der Waals surface area contributed by atoms with Crippen LogP contribution in [0.3, 0.4) is 0 Å². The molecule has 5 nitrogen and oxygen atoms in total. The maximum Gasteiger partial charge on any atom is 0.231 e. The lowest BCUT2D eigenvalue weighted by molar-refractivity contribution is -0.120. The van der Waals surface area contributed by atoms with E-state index >= 15 is 0 Å². The average molecular weight is 303 g/mol. The Morgan fingerprint density at radius 3 is 2.81 bits per heavy atom. The molecule has 1 saturated heterocycles. The third-order valence-corrected chi connectivity index (χ3v) is 4.44. The molecule has 1 aromatic heterocycles. The van der Waals surface area contributed by atoms with Crippen molar-refractivity contribution in [2.24, 2.45) is 5.92 Å². The van der Waals surface area contributed by atoms with Gasteiger partial charge < -0.3 is 15.4 Å². The summed E-state index contributed by atoms with van der Waals surface area (Å²) in [6.45, 7) is 1.05. The maximum atomic E-state index is 12.3. The lowest BCUT2D eigenvalue weighted by atomic mass is 10.0. The second-order valence-corrected chi connectivity index (χ2v) is 5.84. The van der Waals surface area contributed by atoms with Gasteiger partial charge in [-0.15, -0.1) is 11.3 Å². The van der Waals surface area contributed by atoms with E-state index in [0.717, 1.165) is 16.3 Å². The minimum atomic E-state index is -0.145. The zero-order valence-corrected chi connectivity index (χ0v) is 12.5. The molecule has 0 saturated carbocycles. The average Bonchev–Trinajstić information content (AvgIpc) is 3.19. The van der Waals surface area contributed by atoms with Crippen molar-refractivity contribution in [1.29, 1.82) is 0 Å². The zero-order chi connectivity index (χ0) is 14.7. The van der Waals surface area contributed by atoms with Gasteiger partial charge in [-0.3, -0.25) is 4.79 Å². The van der Waals surface area contributed by atoms with Gasteiger partial charge in [-0.25, -0.2) is 4.98 Å². The number of nitrogens with zero attached hydrogens (tertiary/aromatic N) is 1. The molecule has 2 atom stereocenters. The number of rotatable bonds is 4. The van der Waals surface area contributed by atoms with Gasteiger partial charge in [0.2, 0.25) is 5.91 Å². The highest BCUT2D eigenvalue weighted by Gasteiger charge is 2.32. The van der Waals surface area contributed by atoms with Crippen molar-refractivity contribution < 1.29 is 9.53 Å². The van der Waals surface area contributed by atoms with Crippen molar-refractivity contribution in [3.8, 4) is 10.6 Å². The highest BCUT2D eigenvalue weighted by atomic mass is 32.1. The number of benzene rings is 1. The fourth-order valence-corrected chi connectivity index (χ4v) is 3.04. The minimum Gasteiger partial charge on any atom is -0.379 e. The smallest absolute Gasteiger partial charge is 0.231 e. The predicted octanol–water partition coefficient (Wildman–Crippen LogP) is 1.98. The van der Waals surface area contributed by atoms with Crippen molar-refractivity contribution in [3.63, 3.8) is 0 Å². The number of aromatic nitrogens is 1. The second kappa shape index (κ2) is 6.34. The van der Waals surface area contributed by atoms with Crippen LogP contribution in [0.25, 0.3) is 10.6 Å². The first-order valence-electron chi connectivity index (χ1n) is 6.83. The van der Waals surface area contributed by atoms with Gasteiger partial charge in [0.05, 0.1) is 19.1 Å². The van der Waals surface area contributed by atoms with E-state index in [1.54, 1.807) is 17.5 Å². The van der Waals surface area contributed by atoms with E-state index in [-0.39, 0.29) is 17.9 Å². The molecule has 1 fully saturated rings. The third kappa shape index (κ3) is 3.12. The number of ether oxygens (including phenoxy) is 1. The Balaban J connectivity index is 1.66. The lowest BCUT2D eigenvalue weighted by Crippen LogP contribution is -2.39. The first-order valence-corrected chi connectivity index (χ1v) is 7.71. The molecule has 0 radical (unpaired) electrons. The van der Waals surface area contributed by atoms with E-state index in [2.05, 4.69) is 15.6 Å². The van der Waals surface area contributed by atoms with Crippen LogP contribution in [0.1, 0.15) is 0 Å². The van der Waals surface area contributed by atoms with Crippen LogP contribution in [0.5, 0.6) is 0 Å². The minimum absolute atomic E-state index is 0.00570. The summed E-state index contributed by atoms with van der Waals surface area (Å²) in [5, 5.41) is 8.99. The van der Waals surface area contributed by atoms with Crippen LogP contribution in [0.4, 0.5) is 5.69 Å². The molecule has 1 aliphatic rings. The van der Waals surface area contributed by atoms with Gasteiger partial charge in [0.1, 0.15) is 5.01 Å². The first-order chi connectivity index (χ1) is 10.3. The molecule has 110 valence electrons. The molecule has 2 N–H and O–H groups in total. The summed E-state index contributed by atoms with van der Waals surface area (Å²) in [6, 6.07) is 7.82. The number of hydrogen-bond acceptors (Lipinski definition) is 5. The largest absolute Gasteiger partial charge is 0.379 e. The van der Waals surface area contributed by atoms with Crippen LogP contribution in [0.2, 0.25) is 0 Å². The molecule has 3 rings (SSSR count). The third-order valence-electron chi connectivity index (χ3n) is 3.62. The van der Waals surface area contributed by atoms with Gasteiger partial charge in [0, 0.05) is 28.9 Å². The predicted molar refractivity (Wildman–Crippen MR) is 83.3 cm³/mol. The van der Waals surface area contributed by atoms with Gasteiger partial charge >= 0.3 is 0 Å². The molecule has 1 aromatic carbocycles. The molecular weight excluding hydrogens is 286 g/mol.